The van der Waals surface area contributed by atoms with Crippen LogP contribution in [0.2, 0.25) is 0 Å². The fourth-order valence-electron chi connectivity index (χ4n) is 0.326. The van der Waals surface area contributed by atoms with E-state index in [1.807, 2.05) is 0 Å². The standard InChI is InChI=1S/C7H11NO3/c1-3-7(10)11-8-5-4-6(2)9/h5H,3-4H2,1-2H3. The molecular weight excluding hydrogens is 146 g/mol. The SMILES string of the molecule is CCC(=O)ON=CCC(C)=O. The summed E-state index contributed by atoms with van der Waals surface area (Å²) in [5.41, 5.74) is 0. The average molecular weight is 157 g/mol. The van der Waals surface area contributed by atoms with Crippen LogP contribution < -0.4 is 0 Å². The molecule has 0 aromatic heterocycles. The molecule has 0 rings (SSSR count). The molecule has 62 valence electrons. The topological polar surface area (TPSA) is 55.7 Å². The van der Waals surface area contributed by atoms with Crippen molar-refractivity contribution in [2.75, 3.05) is 0 Å². The highest BCUT2D eigenvalue weighted by Crippen LogP contribution is 1.84. The Bertz CT molecular complexity index is 175. The first-order valence-electron chi connectivity index (χ1n) is 3.38. The van der Waals surface area contributed by atoms with Crippen LogP contribution in [0.15, 0.2) is 5.16 Å². The number of Topliss-reactive ketones (excluding diaryl/α,β-unsaturated/α-hetero) is 1. The van der Waals surface area contributed by atoms with Gasteiger partial charge in [-0.3, -0.25) is 4.79 Å². The van der Waals surface area contributed by atoms with E-state index in [0.717, 1.165) is 0 Å². The highest BCUT2D eigenvalue weighted by atomic mass is 16.7. The van der Waals surface area contributed by atoms with Crippen molar-refractivity contribution in [3.05, 3.63) is 0 Å². The van der Waals surface area contributed by atoms with E-state index in [4.69, 9.17) is 0 Å². The first kappa shape index (κ1) is 9.81. The van der Waals surface area contributed by atoms with E-state index in [1.54, 1.807) is 6.92 Å². The van der Waals surface area contributed by atoms with E-state index >= 15 is 0 Å². The molecule has 0 saturated heterocycles. The number of hydrogen-bond acceptors (Lipinski definition) is 4. The monoisotopic (exact) mass is 157 g/mol. The van der Waals surface area contributed by atoms with Gasteiger partial charge in [0.05, 0.1) is 6.21 Å². The first-order valence-corrected chi connectivity index (χ1v) is 3.38. The van der Waals surface area contributed by atoms with Gasteiger partial charge in [-0.2, -0.15) is 0 Å². The smallest absolute Gasteiger partial charge is 0.319 e. The van der Waals surface area contributed by atoms with Crippen molar-refractivity contribution >= 4 is 18.0 Å². The van der Waals surface area contributed by atoms with Gasteiger partial charge in [-0.25, -0.2) is 4.79 Å². The van der Waals surface area contributed by atoms with Crippen LogP contribution >= 0.6 is 0 Å². The fourth-order valence-corrected chi connectivity index (χ4v) is 0.326. The number of carbonyl (C=O) groups is 2. The highest BCUT2D eigenvalue weighted by Gasteiger charge is 1.94. The van der Waals surface area contributed by atoms with Gasteiger partial charge < -0.3 is 4.84 Å². The Labute approximate surface area is 65.2 Å². The lowest BCUT2D eigenvalue weighted by Gasteiger charge is -1.90. The summed E-state index contributed by atoms with van der Waals surface area (Å²) in [5, 5.41) is 3.29. The molecule has 0 N–H and O–H groups in total. The van der Waals surface area contributed by atoms with Gasteiger partial charge in [0, 0.05) is 12.8 Å². The van der Waals surface area contributed by atoms with Crippen molar-refractivity contribution in [1.29, 1.82) is 0 Å². The summed E-state index contributed by atoms with van der Waals surface area (Å²) < 4.78 is 0. The van der Waals surface area contributed by atoms with E-state index in [9.17, 15) is 9.59 Å². The molecular formula is C7H11NO3. The van der Waals surface area contributed by atoms with Crippen LogP contribution in [0, 0.1) is 0 Å². The van der Waals surface area contributed by atoms with Gasteiger partial charge in [0.1, 0.15) is 5.78 Å². The maximum atomic E-state index is 10.4. The van der Waals surface area contributed by atoms with Gasteiger partial charge in [0.2, 0.25) is 0 Å². The number of hydrogen-bond donors (Lipinski definition) is 0. The maximum Gasteiger partial charge on any atom is 0.334 e. The lowest BCUT2D eigenvalue weighted by Crippen LogP contribution is -1.97. The summed E-state index contributed by atoms with van der Waals surface area (Å²) in [4.78, 5) is 25.1. The predicted octanol–water partition coefficient (Wildman–Crippen LogP) is 0.905. The van der Waals surface area contributed by atoms with Crippen LogP contribution in [0.3, 0.4) is 0 Å². The molecule has 0 atom stereocenters. The number of carbonyl (C=O) groups excluding carboxylic acids is 2. The minimum absolute atomic E-state index is 0.0127. The second-order valence-electron chi connectivity index (χ2n) is 2.01. The molecule has 0 amide bonds. The molecule has 0 bridgehead atoms. The van der Waals surface area contributed by atoms with E-state index in [2.05, 4.69) is 9.99 Å². The minimum atomic E-state index is -0.398. The molecule has 0 fully saturated rings. The first-order chi connectivity index (χ1) is 5.16. The van der Waals surface area contributed by atoms with Gasteiger partial charge in [-0.15, -0.1) is 0 Å². The molecule has 4 heteroatoms. The maximum absolute atomic E-state index is 10.4. The third-order valence-corrected chi connectivity index (χ3v) is 0.896. The van der Waals surface area contributed by atoms with Crippen molar-refractivity contribution in [3.63, 3.8) is 0 Å². The Kier molecular flexibility index (Phi) is 4.98. The molecule has 0 unspecified atom stereocenters. The van der Waals surface area contributed by atoms with Crippen molar-refractivity contribution in [2.24, 2.45) is 5.16 Å². The van der Waals surface area contributed by atoms with Crippen molar-refractivity contribution < 1.29 is 14.4 Å². The molecule has 0 aromatic carbocycles. The van der Waals surface area contributed by atoms with E-state index in [-0.39, 0.29) is 18.6 Å². The molecule has 0 aliphatic heterocycles. The van der Waals surface area contributed by atoms with Crippen LogP contribution in [0.5, 0.6) is 0 Å². The molecule has 0 radical (unpaired) electrons. The van der Waals surface area contributed by atoms with Crippen LogP contribution in [0.4, 0.5) is 0 Å². The lowest BCUT2D eigenvalue weighted by molar-refractivity contribution is -0.143. The molecule has 0 aliphatic carbocycles. The highest BCUT2D eigenvalue weighted by molar-refractivity contribution is 5.89. The number of oxime groups is 1. The quantitative estimate of drug-likeness (QED) is 0.346. The Morgan fingerprint density at radius 3 is 2.64 bits per heavy atom. The Morgan fingerprint density at radius 2 is 2.18 bits per heavy atom. The van der Waals surface area contributed by atoms with Crippen LogP contribution in [-0.2, 0) is 14.4 Å². The van der Waals surface area contributed by atoms with Crippen molar-refractivity contribution in [2.45, 2.75) is 26.7 Å². The second kappa shape index (κ2) is 5.58. The van der Waals surface area contributed by atoms with Gasteiger partial charge in [0.15, 0.2) is 0 Å². The molecule has 0 aliphatic rings. The Morgan fingerprint density at radius 1 is 1.55 bits per heavy atom. The second-order valence-corrected chi connectivity index (χ2v) is 2.01. The average Bonchev–Trinajstić information content (AvgIpc) is 1.97. The molecule has 4 nitrogen and oxygen atoms in total. The molecule has 11 heavy (non-hydrogen) atoms. The predicted molar refractivity (Wildman–Crippen MR) is 40.2 cm³/mol. The summed E-state index contributed by atoms with van der Waals surface area (Å²) in [6, 6.07) is 0. The van der Waals surface area contributed by atoms with Gasteiger partial charge in [0.25, 0.3) is 0 Å². The van der Waals surface area contributed by atoms with Crippen molar-refractivity contribution in [1.82, 2.24) is 0 Å². The van der Waals surface area contributed by atoms with Crippen LogP contribution in [0.1, 0.15) is 26.7 Å². The number of nitrogens with zero attached hydrogens (tertiary/aromatic N) is 1. The third-order valence-electron chi connectivity index (χ3n) is 0.896. The number of rotatable bonds is 4. The largest absolute Gasteiger partial charge is 0.334 e. The molecule has 0 aromatic rings. The minimum Gasteiger partial charge on any atom is -0.319 e. The zero-order valence-corrected chi connectivity index (χ0v) is 6.66. The summed E-state index contributed by atoms with van der Waals surface area (Å²) in [5.74, 6) is -0.411. The molecule has 0 heterocycles. The fraction of sp³-hybridized carbons (Fsp3) is 0.571. The zero-order valence-electron chi connectivity index (χ0n) is 6.66. The normalized spacial score (nSPS) is 10.0. The van der Waals surface area contributed by atoms with E-state index < -0.39 is 5.97 Å². The Hall–Kier alpha value is -1.19. The summed E-state index contributed by atoms with van der Waals surface area (Å²) >= 11 is 0. The van der Waals surface area contributed by atoms with Crippen LogP contribution in [-0.4, -0.2) is 18.0 Å². The number of ketones is 1. The van der Waals surface area contributed by atoms with Gasteiger partial charge in [-0.1, -0.05) is 12.1 Å². The van der Waals surface area contributed by atoms with Crippen molar-refractivity contribution in [3.8, 4) is 0 Å². The summed E-state index contributed by atoms with van der Waals surface area (Å²) in [6.07, 6.45) is 1.77. The summed E-state index contributed by atoms with van der Waals surface area (Å²) in [7, 11) is 0. The summed E-state index contributed by atoms with van der Waals surface area (Å²) in [6.45, 7) is 3.11. The zero-order chi connectivity index (χ0) is 8.69. The van der Waals surface area contributed by atoms with E-state index in [0.29, 0.717) is 0 Å². The Balaban J connectivity index is 3.44. The molecule has 0 saturated carbocycles. The lowest BCUT2D eigenvalue weighted by atomic mass is 10.3. The van der Waals surface area contributed by atoms with Crippen LogP contribution in [0.25, 0.3) is 0 Å². The van der Waals surface area contributed by atoms with Gasteiger partial charge >= 0.3 is 5.97 Å². The third kappa shape index (κ3) is 6.70. The van der Waals surface area contributed by atoms with E-state index in [1.165, 1.54) is 13.1 Å². The van der Waals surface area contributed by atoms with Gasteiger partial charge in [-0.05, 0) is 6.92 Å². The molecule has 0 spiro atoms.